The third-order valence-electron chi connectivity index (χ3n) is 4.95. The van der Waals surface area contributed by atoms with Crippen molar-refractivity contribution in [2.45, 2.75) is 6.54 Å². The number of anilines is 1. The Morgan fingerprint density at radius 1 is 1.17 bits per heavy atom. The SMILES string of the molecule is COc1cc(NC(=O)N2CCN(Cc3nc(-c4ccco4)cs3)CC2)cc(OC)c1. The molecule has 1 saturated heterocycles. The maximum absolute atomic E-state index is 12.7. The van der Waals surface area contributed by atoms with Crippen LogP contribution in [0.4, 0.5) is 10.5 Å². The number of aromatic nitrogens is 1. The molecule has 8 nitrogen and oxygen atoms in total. The lowest BCUT2D eigenvalue weighted by molar-refractivity contribution is 0.143. The van der Waals surface area contributed by atoms with Crippen LogP contribution in [-0.4, -0.2) is 61.2 Å². The van der Waals surface area contributed by atoms with Crippen molar-refractivity contribution in [2.75, 3.05) is 45.7 Å². The predicted molar refractivity (Wildman–Crippen MR) is 115 cm³/mol. The first kappa shape index (κ1) is 20.2. The zero-order valence-electron chi connectivity index (χ0n) is 17.0. The van der Waals surface area contributed by atoms with Crippen LogP contribution >= 0.6 is 11.3 Å². The second kappa shape index (κ2) is 9.19. The molecule has 1 aliphatic heterocycles. The van der Waals surface area contributed by atoms with Crippen LogP contribution in [0.25, 0.3) is 11.5 Å². The number of methoxy groups -OCH3 is 2. The van der Waals surface area contributed by atoms with Gasteiger partial charge in [-0.2, -0.15) is 0 Å². The second-order valence-electron chi connectivity index (χ2n) is 6.90. The molecular formula is C21H24N4O4S. The monoisotopic (exact) mass is 428 g/mol. The van der Waals surface area contributed by atoms with Gasteiger partial charge < -0.3 is 24.1 Å². The molecular weight excluding hydrogens is 404 g/mol. The van der Waals surface area contributed by atoms with Crippen molar-refractivity contribution in [3.05, 3.63) is 47.0 Å². The number of piperazine rings is 1. The molecule has 0 atom stereocenters. The Morgan fingerprint density at radius 2 is 1.90 bits per heavy atom. The van der Waals surface area contributed by atoms with Crippen molar-refractivity contribution in [1.29, 1.82) is 0 Å². The molecule has 0 unspecified atom stereocenters. The molecule has 30 heavy (non-hydrogen) atoms. The van der Waals surface area contributed by atoms with E-state index in [-0.39, 0.29) is 6.03 Å². The number of carbonyl (C=O) groups excluding carboxylic acids is 1. The number of ether oxygens (including phenoxy) is 2. The average molecular weight is 429 g/mol. The Labute approximate surface area is 179 Å². The molecule has 9 heteroatoms. The fourth-order valence-electron chi connectivity index (χ4n) is 3.30. The number of hydrogen-bond acceptors (Lipinski definition) is 7. The summed E-state index contributed by atoms with van der Waals surface area (Å²) < 4.78 is 15.9. The molecule has 1 fully saturated rings. The highest BCUT2D eigenvalue weighted by molar-refractivity contribution is 7.09. The molecule has 0 saturated carbocycles. The van der Waals surface area contributed by atoms with Crippen LogP contribution in [0.15, 0.2) is 46.4 Å². The van der Waals surface area contributed by atoms with Crippen LogP contribution in [0.2, 0.25) is 0 Å². The van der Waals surface area contributed by atoms with E-state index in [1.807, 2.05) is 22.4 Å². The van der Waals surface area contributed by atoms with E-state index < -0.39 is 0 Å². The number of nitrogens with one attached hydrogen (secondary N) is 1. The average Bonchev–Trinajstić information content (AvgIpc) is 3.46. The summed E-state index contributed by atoms with van der Waals surface area (Å²) in [4.78, 5) is 21.4. The summed E-state index contributed by atoms with van der Waals surface area (Å²) in [5.74, 6) is 2.05. The smallest absolute Gasteiger partial charge is 0.321 e. The Hall–Kier alpha value is -3.04. The van der Waals surface area contributed by atoms with Crippen LogP contribution in [0, 0.1) is 0 Å². The van der Waals surface area contributed by atoms with Gasteiger partial charge in [0.1, 0.15) is 22.2 Å². The minimum Gasteiger partial charge on any atom is -0.497 e. The summed E-state index contributed by atoms with van der Waals surface area (Å²) in [5.41, 5.74) is 1.51. The molecule has 3 aromatic rings. The minimum atomic E-state index is -0.126. The van der Waals surface area contributed by atoms with Crippen molar-refractivity contribution >= 4 is 23.1 Å². The van der Waals surface area contributed by atoms with Crippen LogP contribution in [-0.2, 0) is 6.54 Å². The normalized spacial score (nSPS) is 14.5. The van der Waals surface area contributed by atoms with Crippen molar-refractivity contribution in [3.63, 3.8) is 0 Å². The summed E-state index contributed by atoms with van der Waals surface area (Å²) in [6.45, 7) is 3.68. The summed E-state index contributed by atoms with van der Waals surface area (Å²) in [6, 6.07) is 8.96. The van der Waals surface area contributed by atoms with E-state index in [1.54, 1.807) is 50.0 Å². The van der Waals surface area contributed by atoms with Gasteiger partial charge in [0.15, 0.2) is 5.76 Å². The van der Waals surface area contributed by atoms with Gasteiger partial charge in [-0.15, -0.1) is 11.3 Å². The topological polar surface area (TPSA) is 80.1 Å². The fraction of sp³-hybridized carbons (Fsp3) is 0.333. The standard InChI is InChI=1S/C21H24N4O4S/c1-27-16-10-15(11-17(12-16)28-2)22-21(26)25-7-5-24(6-8-25)13-20-23-18(14-30-20)19-4-3-9-29-19/h3-4,9-12,14H,5-8,13H2,1-2H3,(H,22,26). The largest absolute Gasteiger partial charge is 0.497 e. The number of carbonyl (C=O) groups is 1. The highest BCUT2D eigenvalue weighted by Crippen LogP contribution is 2.26. The quantitative estimate of drug-likeness (QED) is 0.644. The first-order chi connectivity index (χ1) is 14.6. The molecule has 3 heterocycles. The van der Waals surface area contributed by atoms with Crippen molar-refractivity contribution in [3.8, 4) is 23.0 Å². The Kier molecular flexibility index (Phi) is 6.20. The van der Waals surface area contributed by atoms with E-state index in [2.05, 4.69) is 15.2 Å². The van der Waals surface area contributed by atoms with E-state index in [4.69, 9.17) is 13.9 Å². The highest BCUT2D eigenvalue weighted by Gasteiger charge is 2.22. The van der Waals surface area contributed by atoms with Crippen molar-refractivity contribution < 1.29 is 18.7 Å². The van der Waals surface area contributed by atoms with Gasteiger partial charge in [-0.1, -0.05) is 0 Å². The summed E-state index contributed by atoms with van der Waals surface area (Å²) in [6.07, 6.45) is 1.65. The number of amides is 2. The molecule has 2 amide bonds. The minimum absolute atomic E-state index is 0.126. The van der Waals surface area contributed by atoms with E-state index in [1.165, 1.54) is 0 Å². The number of nitrogens with zero attached hydrogens (tertiary/aromatic N) is 3. The number of benzene rings is 1. The maximum atomic E-state index is 12.7. The third-order valence-corrected chi connectivity index (χ3v) is 5.78. The van der Waals surface area contributed by atoms with Crippen molar-refractivity contribution in [1.82, 2.24) is 14.8 Å². The Balaban J connectivity index is 1.29. The van der Waals surface area contributed by atoms with Gasteiger partial charge in [-0.05, 0) is 12.1 Å². The van der Waals surface area contributed by atoms with E-state index in [9.17, 15) is 4.79 Å². The van der Waals surface area contributed by atoms with E-state index >= 15 is 0 Å². The third kappa shape index (κ3) is 4.74. The first-order valence-corrected chi connectivity index (χ1v) is 10.5. The highest BCUT2D eigenvalue weighted by atomic mass is 32.1. The second-order valence-corrected chi connectivity index (χ2v) is 7.84. The lowest BCUT2D eigenvalue weighted by atomic mass is 10.2. The van der Waals surface area contributed by atoms with Crippen LogP contribution in [0.3, 0.4) is 0 Å². The van der Waals surface area contributed by atoms with Crippen LogP contribution in [0.5, 0.6) is 11.5 Å². The summed E-state index contributed by atoms with van der Waals surface area (Å²) >= 11 is 1.63. The molecule has 158 valence electrons. The lowest BCUT2D eigenvalue weighted by Crippen LogP contribution is -2.49. The Bertz CT molecular complexity index is 959. The van der Waals surface area contributed by atoms with Gasteiger partial charge in [-0.3, -0.25) is 4.90 Å². The van der Waals surface area contributed by atoms with Crippen LogP contribution < -0.4 is 14.8 Å². The molecule has 1 N–H and O–H groups in total. The number of hydrogen-bond donors (Lipinski definition) is 1. The molecule has 0 radical (unpaired) electrons. The zero-order chi connectivity index (χ0) is 20.9. The number of rotatable bonds is 6. The first-order valence-electron chi connectivity index (χ1n) is 9.64. The number of thiazole rings is 1. The molecule has 0 aliphatic carbocycles. The van der Waals surface area contributed by atoms with Gasteiger partial charge in [0.2, 0.25) is 0 Å². The molecule has 0 spiro atoms. The molecule has 1 aliphatic rings. The summed E-state index contributed by atoms with van der Waals surface area (Å²) in [5, 5.41) is 5.99. The number of furan rings is 1. The van der Waals surface area contributed by atoms with Gasteiger partial charge in [-0.25, -0.2) is 9.78 Å². The van der Waals surface area contributed by atoms with E-state index in [0.717, 1.165) is 36.1 Å². The van der Waals surface area contributed by atoms with E-state index in [0.29, 0.717) is 30.3 Å². The van der Waals surface area contributed by atoms with Gasteiger partial charge in [0, 0.05) is 55.4 Å². The van der Waals surface area contributed by atoms with Crippen molar-refractivity contribution in [2.24, 2.45) is 0 Å². The van der Waals surface area contributed by atoms with Gasteiger partial charge in [0.25, 0.3) is 0 Å². The van der Waals surface area contributed by atoms with Gasteiger partial charge in [0.05, 0.1) is 27.0 Å². The molecule has 0 bridgehead atoms. The number of urea groups is 1. The molecule has 2 aromatic heterocycles. The lowest BCUT2D eigenvalue weighted by Gasteiger charge is -2.34. The maximum Gasteiger partial charge on any atom is 0.321 e. The molecule has 4 rings (SSSR count). The zero-order valence-corrected chi connectivity index (χ0v) is 17.8. The summed E-state index contributed by atoms with van der Waals surface area (Å²) in [7, 11) is 3.17. The Morgan fingerprint density at radius 3 is 2.53 bits per heavy atom. The molecule has 1 aromatic carbocycles. The predicted octanol–water partition coefficient (Wildman–Crippen LogP) is 3.77. The van der Waals surface area contributed by atoms with Crippen LogP contribution in [0.1, 0.15) is 5.01 Å². The fourth-order valence-corrected chi connectivity index (χ4v) is 4.13. The van der Waals surface area contributed by atoms with Gasteiger partial charge >= 0.3 is 6.03 Å².